The lowest BCUT2D eigenvalue weighted by Crippen LogP contribution is -2.02. The van der Waals surface area contributed by atoms with Gasteiger partial charge in [0.05, 0.1) is 30.6 Å². The highest BCUT2D eigenvalue weighted by Crippen LogP contribution is 2.34. The Kier molecular flexibility index (Phi) is 3.66. The first kappa shape index (κ1) is 13.0. The summed E-state index contributed by atoms with van der Waals surface area (Å²) >= 11 is 6.16. The Morgan fingerprint density at radius 2 is 1.89 bits per heavy atom. The van der Waals surface area contributed by atoms with Crippen molar-refractivity contribution >= 4 is 22.6 Å². The Labute approximate surface area is 111 Å². The van der Waals surface area contributed by atoms with Crippen molar-refractivity contribution in [2.75, 3.05) is 14.2 Å². The van der Waals surface area contributed by atoms with Gasteiger partial charge in [0.2, 0.25) is 0 Å². The normalized spacial score (nSPS) is 12.7. The summed E-state index contributed by atoms with van der Waals surface area (Å²) in [6, 6.07) is 3.82. The van der Waals surface area contributed by atoms with E-state index in [0.29, 0.717) is 11.5 Å². The smallest absolute Gasteiger partial charge is 0.163 e. The topological polar surface area (TPSA) is 36.3 Å². The van der Waals surface area contributed by atoms with Crippen molar-refractivity contribution in [1.82, 2.24) is 9.55 Å². The van der Waals surface area contributed by atoms with Gasteiger partial charge in [0.15, 0.2) is 11.5 Å². The van der Waals surface area contributed by atoms with E-state index < -0.39 is 0 Å². The molecule has 1 unspecified atom stereocenters. The first-order valence-electron chi connectivity index (χ1n) is 5.88. The van der Waals surface area contributed by atoms with Gasteiger partial charge in [-0.1, -0.05) is 0 Å². The van der Waals surface area contributed by atoms with Crippen LogP contribution < -0.4 is 9.47 Å². The molecule has 0 saturated heterocycles. The van der Waals surface area contributed by atoms with Crippen LogP contribution in [0.2, 0.25) is 0 Å². The van der Waals surface area contributed by atoms with Crippen LogP contribution in [0, 0.1) is 0 Å². The highest BCUT2D eigenvalue weighted by atomic mass is 35.5. The number of hydrogen-bond acceptors (Lipinski definition) is 3. The molecule has 5 heteroatoms. The quantitative estimate of drug-likeness (QED) is 0.798. The average molecular weight is 269 g/mol. The van der Waals surface area contributed by atoms with Gasteiger partial charge in [-0.25, -0.2) is 4.98 Å². The van der Waals surface area contributed by atoms with Gasteiger partial charge in [0, 0.05) is 18.7 Å². The molecule has 18 heavy (non-hydrogen) atoms. The summed E-state index contributed by atoms with van der Waals surface area (Å²) in [6.45, 7) is 4.81. The lowest BCUT2D eigenvalue weighted by Gasteiger charge is -2.09. The zero-order valence-electron chi connectivity index (χ0n) is 11.0. The Morgan fingerprint density at radius 1 is 1.28 bits per heavy atom. The van der Waals surface area contributed by atoms with Gasteiger partial charge < -0.3 is 14.0 Å². The molecular formula is C13H17ClN2O2. The van der Waals surface area contributed by atoms with E-state index in [0.717, 1.165) is 23.4 Å². The molecule has 2 aromatic rings. The zero-order valence-corrected chi connectivity index (χ0v) is 11.8. The Balaban J connectivity index is 2.73. The molecule has 0 saturated carbocycles. The van der Waals surface area contributed by atoms with E-state index in [4.69, 9.17) is 21.1 Å². The third kappa shape index (κ3) is 2.01. The van der Waals surface area contributed by atoms with Crippen LogP contribution in [0.1, 0.15) is 25.0 Å². The van der Waals surface area contributed by atoms with Crippen LogP contribution in [0.15, 0.2) is 12.1 Å². The molecule has 1 atom stereocenters. The van der Waals surface area contributed by atoms with Crippen LogP contribution >= 0.6 is 11.6 Å². The van der Waals surface area contributed by atoms with Crippen molar-refractivity contribution in [1.29, 1.82) is 0 Å². The monoisotopic (exact) mass is 268 g/mol. The fourth-order valence-corrected chi connectivity index (χ4v) is 2.27. The number of hydrogen-bond donors (Lipinski definition) is 0. The summed E-state index contributed by atoms with van der Waals surface area (Å²) < 4.78 is 12.7. The summed E-state index contributed by atoms with van der Waals surface area (Å²) in [5.41, 5.74) is 1.88. The number of halogens is 1. The second-order valence-corrected chi connectivity index (χ2v) is 4.68. The van der Waals surface area contributed by atoms with Crippen molar-refractivity contribution in [2.24, 2.45) is 0 Å². The molecule has 0 amide bonds. The van der Waals surface area contributed by atoms with E-state index in [9.17, 15) is 0 Å². The fraction of sp³-hybridized carbons (Fsp3) is 0.462. The number of alkyl halides is 1. The first-order valence-corrected chi connectivity index (χ1v) is 6.32. The predicted octanol–water partition coefficient (Wildman–Crippen LogP) is 3.37. The van der Waals surface area contributed by atoms with Gasteiger partial charge in [0.1, 0.15) is 5.82 Å². The lowest BCUT2D eigenvalue weighted by molar-refractivity contribution is 0.355. The minimum atomic E-state index is -0.130. The van der Waals surface area contributed by atoms with E-state index in [2.05, 4.69) is 16.5 Å². The minimum absolute atomic E-state index is 0.130. The number of aromatic nitrogens is 2. The molecule has 0 bridgehead atoms. The van der Waals surface area contributed by atoms with Gasteiger partial charge in [0.25, 0.3) is 0 Å². The first-order chi connectivity index (χ1) is 8.62. The van der Waals surface area contributed by atoms with Crippen LogP contribution in [0.5, 0.6) is 11.5 Å². The van der Waals surface area contributed by atoms with Crippen molar-refractivity contribution in [3.05, 3.63) is 18.0 Å². The fourth-order valence-electron chi connectivity index (χ4n) is 2.11. The van der Waals surface area contributed by atoms with Gasteiger partial charge >= 0.3 is 0 Å². The second-order valence-electron chi connectivity index (χ2n) is 4.03. The van der Waals surface area contributed by atoms with Gasteiger partial charge in [-0.05, 0) is 13.8 Å². The Morgan fingerprint density at radius 3 is 2.39 bits per heavy atom. The number of methoxy groups -OCH3 is 2. The summed E-state index contributed by atoms with van der Waals surface area (Å²) in [4.78, 5) is 4.56. The zero-order chi connectivity index (χ0) is 13.3. The molecule has 98 valence electrons. The number of benzene rings is 1. The highest BCUT2D eigenvalue weighted by Gasteiger charge is 2.16. The van der Waals surface area contributed by atoms with Crippen molar-refractivity contribution in [2.45, 2.75) is 25.8 Å². The van der Waals surface area contributed by atoms with Crippen LogP contribution in [0.25, 0.3) is 11.0 Å². The molecule has 0 aliphatic rings. The molecule has 1 heterocycles. The molecule has 0 aliphatic heterocycles. The summed E-state index contributed by atoms with van der Waals surface area (Å²) in [6.07, 6.45) is 0. The molecule has 0 N–H and O–H groups in total. The van der Waals surface area contributed by atoms with Crippen LogP contribution in [-0.2, 0) is 6.54 Å². The van der Waals surface area contributed by atoms with E-state index in [-0.39, 0.29) is 5.38 Å². The van der Waals surface area contributed by atoms with Crippen molar-refractivity contribution in [3.8, 4) is 11.5 Å². The van der Waals surface area contributed by atoms with E-state index in [1.807, 2.05) is 19.1 Å². The SMILES string of the molecule is CCn1c(C(C)Cl)nc2cc(OC)c(OC)cc21. The largest absolute Gasteiger partial charge is 0.493 e. The molecule has 0 spiro atoms. The summed E-state index contributed by atoms with van der Waals surface area (Å²) in [5, 5.41) is -0.130. The number of nitrogens with zero attached hydrogens (tertiary/aromatic N) is 2. The van der Waals surface area contributed by atoms with E-state index >= 15 is 0 Å². The minimum Gasteiger partial charge on any atom is -0.493 e. The summed E-state index contributed by atoms with van der Waals surface area (Å²) in [5.74, 6) is 2.25. The molecule has 2 rings (SSSR count). The molecule has 1 aromatic carbocycles. The standard InChI is InChI=1S/C13H17ClN2O2/c1-5-16-10-7-12(18-4)11(17-3)6-9(10)15-13(16)8(2)14/h6-8H,5H2,1-4H3. The number of fused-ring (bicyclic) bond motifs is 1. The lowest BCUT2D eigenvalue weighted by atomic mass is 10.2. The Bertz CT molecular complexity index is 564. The second kappa shape index (κ2) is 5.06. The van der Waals surface area contributed by atoms with Gasteiger partial charge in [-0.3, -0.25) is 0 Å². The van der Waals surface area contributed by atoms with Gasteiger partial charge in [-0.2, -0.15) is 0 Å². The molecular weight excluding hydrogens is 252 g/mol. The van der Waals surface area contributed by atoms with Crippen LogP contribution in [0.3, 0.4) is 0 Å². The van der Waals surface area contributed by atoms with Crippen molar-refractivity contribution < 1.29 is 9.47 Å². The highest BCUT2D eigenvalue weighted by molar-refractivity contribution is 6.20. The molecule has 0 fully saturated rings. The number of rotatable bonds is 4. The maximum absolute atomic E-state index is 6.16. The van der Waals surface area contributed by atoms with Gasteiger partial charge in [-0.15, -0.1) is 11.6 Å². The maximum Gasteiger partial charge on any atom is 0.163 e. The van der Waals surface area contributed by atoms with E-state index in [1.165, 1.54) is 0 Å². The molecule has 4 nitrogen and oxygen atoms in total. The van der Waals surface area contributed by atoms with Crippen LogP contribution in [0.4, 0.5) is 0 Å². The number of imidazole rings is 1. The number of ether oxygens (including phenoxy) is 2. The van der Waals surface area contributed by atoms with Crippen molar-refractivity contribution in [3.63, 3.8) is 0 Å². The molecule has 0 radical (unpaired) electrons. The Hall–Kier alpha value is -1.42. The maximum atomic E-state index is 6.16. The average Bonchev–Trinajstić information content (AvgIpc) is 2.74. The third-order valence-corrected chi connectivity index (χ3v) is 3.15. The molecule has 1 aromatic heterocycles. The summed E-state index contributed by atoms with van der Waals surface area (Å²) in [7, 11) is 3.24. The predicted molar refractivity (Wildman–Crippen MR) is 72.8 cm³/mol. The number of aryl methyl sites for hydroxylation is 1. The third-order valence-electron chi connectivity index (χ3n) is 2.96. The van der Waals surface area contributed by atoms with E-state index in [1.54, 1.807) is 14.2 Å². The van der Waals surface area contributed by atoms with Crippen LogP contribution in [-0.4, -0.2) is 23.8 Å². The molecule has 0 aliphatic carbocycles.